The zero-order valence-corrected chi connectivity index (χ0v) is 10.6. The summed E-state index contributed by atoms with van der Waals surface area (Å²) in [5.74, 6) is 7.72. The Labute approximate surface area is 103 Å². The van der Waals surface area contributed by atoms with Gasteiger partial charge in [-0.25, -0.2) is 0 Å². The number of ether oxygens (including phenoxy) is 1. The smallest absolute Gasteiger partial charge is 0.119 e. The molecule has 0 saturated carbocycles. The molecule has 0 bridgehead atoms. The van der Waals surface area contributed by atoms with Crippen molar-refractivity contribution in [2.75, 3.05) is 12.5 Å². The van der Waals surface area contributed by atoms with Gasteiger partial charge < -0.3 is 4.74 Å². The van der Waals surface area contributed by atoms with Crippen LogP contribution in [-0.4, -0.2) is 12.5 Å². The molecule has 0 amide bonds. The van der Waals surface area contributed by atoms with Crippen molar-refractivity contribution in [3.63, 3.8) is 0 Å². The monoisotopic (exact) mass is 236 g/mol. The Balaban J connectivity index is 2.45. The first-order chi connectivity index (χ1) is 7.72. The topological polar surface area (TPSA) is 9.23 Å². The number of alkyl halides is 1. The Hall–Kier alpha value is -1.13. The molecule has 16 heavy (non-hydrogen) atoms. The van der Waals surface area contributed by atoms with Crippen LogP contribution in [0.4, 0.5) is 0 Å². The van der Waals surface area contributed by atoms with E-state index in [-0.39, 0.29) is 0 Å². The largest absolute Gasteiger partial charge is 0.494 e. The van der Waals surface area contributed by atoms with E-state index in [9.17, 15) is 0 Å². The van der Waals surface area contributed by atoms with Gasteiger partial charge in [0.25, 0.3) is 0 Å². The average molecular weight is 237 g/mol. The van der Waals surface area contributed by atoms with Gasteiger partial charge in [0.1, 0.15) is 5.75 Å². The molecule has 0 unspecified atom stereocenters. The maximum atomic E-state index is 5.60. The second-order valence-electron chi connectivity index (χ2n) is 3.99. The Bertz CT molecular complexity index is 357. The van der Waals surface area contributed by atoms with E-state index in [0.29, 0.717) is 11.8 Å². The molecular weight excluding hydrogens is 220 g/mol. The first-order valence-electron chi connectivity index (χ1n) is 5.50. The summed E-state index contributed by atoms with van der Waals surface area (Å²) in [4.78, 5) is 0. The molecule has 0 fully saturated rings. The van der Waals surface area contributed by atoms with Gasteiger partial charge in [-0.1, -0.05) is 25.7 Å². The van der Waals surface area contributed by atoms with Crippen molar-refractivity contribution in [2.24, 2.45) is 5.92 Å². The molecule has 0 aliphatic carbocycles. The van der Waals surface area contributed by atoms with E-state index in [1.807, 2.05) is 24.3 Å². The molecule has 0 heterocycles. The molecule has 0 atom stereocenters. The van der Waals surface area contributed by atoms with Gasteiger partial charge in [0, 0.05) is 5.56 Å². The molecule has 1 aromatic carbocycles. The highest BCUT2D eigenvalue weighted by molar-refractivity contribution is 6.19. The number of rotatable bonds is 4. The van der Waals surface area contributed by atoms with Crippen LogP contribution in [0.15, 0.2) is 24.3 Å². The van der Waals surface area contributed by atoms with Crippen LogP contribution in [0.25, 0.3) is 0 Å². The van der Waals surface area contributed by atoms with E-state index in [0.717, 1.165) is 24.3 Å². The van der Waals surface area contributed by atoms with Crippen molar-refractivity contribution in [3.8, 4) is 17.6 Å². The number of halogens is 1. The van der Waals surface area contributed by atoms with Gasteiger partial charge in [-0.3, -0.25) is 0 Å². The van der Waals surface area contributed by atoms with Crippen LogP contribution < -0.4 is 4.74 Å². The molecule has 1 rings (SSSR count). The minimum Gasteiger partial charge on any atom is -0.494 e. The summed E-state index contributed by atoms with van der Waals surface area (Å²) in [6.45, 7) is 5.15. The van der Waals surface area contributed by atoms with Crippen molar-refractivity contribution in [1.29, 1.82) is 0 Å². The van der Waals surface area contributed by atoms with Gasteiger partial charge in [0.2, 0.25) is 0 Å². The van der Waals surface area contributed by atoms with Gasteiger partial charge in [-0.05, 0) is 36.6 Å². The van der Waals surface area contributed by atoms with Crippen LogP contribution >= 0.6 is 11.6 Å². The molecule has 0 spiro atoms. The Morgan fingerprint density at radius 2 is 1.94 bits per heavy atom. The van der Waals surface area contributed by atoms with E-state index in [4.69, 9.17) is 16.3 Å². The van der Waals surface area contributed by atoms with E-state index < -0.39 is 0 Å². The zero-order chi connectivity index (χ0) is 11.8. The summed E-state index contributed by atoms with van der Waals surface area (Å²) in [5.41, 5.74) is 0.969. The molecule has 1 nitrogen and oxygen atoms in total. The highest BCUT2D eigenvalue weighted by Gasteiger charge is 1.96. The second-order valence-corrected chi connectivity index (χ2v) is 4.26. The first kappa shape index (κ1) is 12.9. The summed E-state index contributed by atoms with van der Waals surface area (Å²) in [6, 6.07) is 7.78. The highest BCUT2D eigenvalue weighted by atomic mass is 35.5. The lowest BCUT2D eigenvalue weighted by atomic mass is 10.1. The summed E-state index contributed by atoms with van der Waals surface area (Å²) in [6.07, 6.45) is 1.08. The van der Waals surface area contributed by atoms with E-state index in [2.05, 4.69) is 25.7 Å². The first-order valence-corrected chi connectivity index (χ1v) is 6.03. The highest BCUT2D eigenvalue weighted by Crippen LogP contribution is 2.12. The molecule has 0 aromatic heterocycles. The molecule has 0 aliphatic rings. The average Bonchev–Trinajstić information content (AvgIpc) is 2.27. The summed E-state index contributed by atoms with van der Waals surface area (Å²) in [5, 5.41) is 0. The van der Waals surface area contributed by atoms with Crippen LogP contribution in [0.1, 0.15) is 25.8 Å². The molecular formula is C14H17ClO. The molecule has 0 N–H and O–H groups in total. The standard InChI is InChI=1S/C14H17ClO/c1-12(2)9-11-16-14-7-5-13(6-8-14)4-3-10-15/h5-8,12H,9-11H2,1-2H3. The van der Waals surface area contributed by atoms with E-state index >= 15 is 0 Å². The predicted octanol–water partition coefficient (Wildman–Crippen LogP) is 3.70. The van der Waals surface area contributed by atoms with Gasteiger partial charge in [-0.15, -0.1) is 11.6 Å². The molecule has 0 saturated heterocycles. The number of hydrogen-bond acceptors (Lipinski definition) is 1. The van der Waals surface area contributed by atoms with Crippen LogP contribution in [0.5, 0.6) is 5.75 Å². The van der Waals surface area contributed by atoms with E-state index in [1.165, 1.54) is 0 Å². The van der Waals surface area contributed by atoms with Crippen LogP contribution in [0.3, 0.4) is 0 Å². The fourth-order valence-electron chi connectivity index (χ4n) is 1.18. The van der Waals surface area contributed by atoms with Gasteiger partial charge in [0.15, 0.2) is 0 Å². The van der Waals surface area contributed by atoms with E-state index in [1.54, 1.807) is 0 Å². The molecule has 1 aromatic rings. The van der Waals surface area contributed by atoms with Gasteiger partial charge >= 0.3 is 0 Å². The minimum atomic E-state index is 0.368. The third-order valence-corrected chi connectivity index (χ3v) is 2.25. The maximum Gasteiger partial charge on any atom is 0.119 e. The predicted molar refractivity (Wildman–Crippen MR) is 69.0 cm³/mol. The van der Waals surface area contributed by atoms with Crippen molar-refractivity contribution in [2.45, 2.75) is 20.3 Å². The fourth-order valence-corrected chi connectivity index (χ4v) is 1.25. The maximum absolute atomic E-state index is 5.60. The van der Waals surface area contributed by atoms with Gasteiger partial charge in [-0.2, -0.15) is 0 Å². The lowest BCUT2D eigenvalue weighted by Crippen LogP contribution is -2.01. The van der Waals surface area contributed by atoms with Gasteiger partial charge in [0.05, 0.1) is 12.5 Å². The Kier molecular flexibility index (Phi) is 5.82. The molecule has 2 heteroatoms. The van der Waals surface area contributed by atoms with Crippen molar-refractivity contribution < 1.29 is 4.74 Å². The lowest BCUT2D eigenvalue weighted by molar-refractivity contribution is 0.289. The summed E-state index contributed by atoms with van der Waals surface area (Å²) >= 11 is 5.48. The summed E-state index contributed by atoms with van der Waals surface area (Å²) < 4.78 is 5.60. The molecule has 86 valence electrons. The van der Waals surface area contributed by atoms with Crippen molar-refractivity contribution in [1.82, 2.24) is 0 Å². The zero-order valence-electron chi connectivity index (χ0n) is 9.79. The molecule has 0 aliphatic heterocycles. The quantitative estimate of drug-likeness (QED) is 0.572. The summed E-state index contributed by atoms with van der Waals surface area (Å²) in [7, 11) is 0. The van der Waals surface area contributed by atoms with Crippen LogP contribution in [0.2, 0.25) is 0 Å². The minimum absolute atomic E-state index is 0.368. The van der Waals surface area contributed by atoms with Crippen molar-refractivity contribution in [3.05, 3.63) is 29.8 Å². The Morgan fingerprint density at radius 3 is 2.50 bits per heavy atom. The lowest BCUT2D eigenvalue weighted by Gasteiger charge is -2.07. The third-order valence-electron chi connectivity index (χ3n) is 2.12. The van der Waals surface area contributed by atoms with Crippen molar-refractivity contribution >= 4 is 11.6 Å². The fraction of sp³-hybridized carbons (Fsp3) is 0.429. The number of benzene rings is 1. The van der Waals surface area contributed by atoms with Crippen LogP contribution in [-0.2, 0) is 0 Å². The third kappa shape index (κ3) is 5.09. The number of hydrogen-bond donors (Lipinski definition) is 0. The molecule has 0 radical (unpaired) electrons. The van der Waals surface area contributed by atoms with Crippen LogP contribution in [0, 0.1) is 17.8 Å². The normalized spacial score (nSPS) is 9.75. The second kappa shape index (κ2) is 7.19. The SMILES string of the molecule is CC(C)CCOc1ccc(C#CCCl)cc1. The Morgan fingerprint density at radius 1 is 1.25 bits per heavy atom.